The lowest BCUT2D eigenvalue weighted by Gasteiger charge is -2.13. The molecule has 27 heavy (non-hydrogen) atoms. The van der Waals surface area contributed by atoms with Crippen molar-refractivity contribution in [2.24, 2.45) is 0 Å². The van der Waals surface area contributed by atoms with Crippen LogP contribution in [0.4, 0.5) is 5.69 Å². The minimum Gasteiger partial charge on any atom is -0.493 e. The predicted molar refractivity (Wildman–Crippen MR) is 108 cm³/mol. The first kappa shape index (κ1) is 20.5. The summed E-state index contributed by atoms with van der Waals surface area (Å²) in [4.78, 5) is 24.0. The quantitative estimate of drug-likeness (QED) is 0.696. The molecular weight excluding hydrogens is 340 g/mol. The molecule has 0 aliphatic heterocycles. The van der Waals surface area contributed by atoms with Crippen molar-refractivity contribution in [2.75, 3.05) is 18.5 Å². The molecule has 0 aromatic heterocycles. The zero-order valence-corrected chi connectivity index (χ0v) is 16.5. The van der Waals surface area contributed by atoms with Gasteiger partial charge >= 0.3 is 0 Å². The van der Waals surface area contributed by atoms with Crippen molar-refractivity contribution < 1.29 is 14.3 Å². The third kappa shape index (κ3) is 6.44. The van der Waals surface area contributed by atoms with Gasteiger partial charge in [0, 0.05) is 12.1 Å². The smallest absolute Gasteiger partial charge is 0.243 e. The van der Waals surface area contributed by atoms with E-state index in [1.807, 2.05) is 64.1 Å². The van der Waals surface area contributed by atoms with Gasteiger partial charge in [0.15, 0.2) is 0 Å². The third-order valence-corrected chi connectivity index (χ3v) is 4.29. The first-order chi connectivity index (χ1) is 12.9. The molecule has 0 aliphatic rings. The Bertz CT molecular complexity index is 792. The van der Waals surface area contributed by atoms with Crippen molar-refractivity contribution in [3.63, 3.8) is 0 Å². The topological polar surface area (TPSA) is 67.4 Å². The molecule has 0 saturated heterocycles. The molecule has 5 nitrogen and oxygen atoms in total. The van der Waals surface area contributed by atoms with Crippen molar-refractivity contribution >= 4 is 17.5 Å². The SMILES string of the molecule is Cc1cc(C)c(NC(=O)CNC(=O)CCCOc2ccccc2C)c(C)c1. The number of aryl methyl sites for hydroxylation is 4. The van der Waals surface area contributed by atoms with Crippen LogP contribution >= 0.6 is 0 Å². The number of carbonyl (C=O) groups is 2. The predicted octanol–water partition coefficient (Wildman–Crippen LogP) is 3.83. The fourth-order valence-electron chi connectivity index (χ4n) is 2.96. The molecule has 0 unspecified atom stereocenters. The average molecular weight is 368 g/mol. The van der Waals surface area contributed by atoms with Crippen LogP contribution < -0.4 is 15.4 Å². The maximum atomic E-state index is 12.1. The summed E-state index contributed by atoms with van der Waals surface area (Å²) in [7, 11) is 0. The highest BCUT2D eigenvalue weighted by Crippen LogP contribution is 2.21. The largest absolute Gasteiger partial charge is 0.493 e. The fourth-order valence-corrected chi connectivity index (χ4v) is 2.96. The molecule has 2 aromatic rings. The van der Waals surface area contributed by atoms with Crippen molar-refractivity contribution in [1.29, 1.82) is 0 Å². The number of para-hydroxylation sites is 1. The first-order valence-electron chi connectivity index (χ1n) is 9.19. The van der Waals surface area contributed by atoms with Crippen LogP contribution in [0, 0.1) is 27.7 Å². The summed E-state index contributed by atoms with van der Waals surface area (Å²) < 4.78 is 5.67. The highest BCUT2D eigenvalue weighted by Gasteiger charge is 2.10. The summed E-state index contributed by atoms with van der Waals surface area (Å²) in [6.45, 7) is 8.36. The molecule has 2 N–H and O–H groups in total. The van der Waals surface area contributed by atoms with Crippen LogP contribution in [0.1, 0.15) is 35.1 Å². The van der Waals surface area contributed by atoms with Gasteiger partial charge in [0.05, 0.1) is 13.2 Å². The Kier molecular flexibility index (Phi) is 7.41. The van der Waals surface area contributed by atoms with Crippen LogP contribution in [0.15, 0.2) is 36.4 Å². The van der Waals surface area contributed by atoms with Crippen LogP contribution in [0.3, 0.4) is 0 Å². The number of nitrogens with one attached hydrogen (secondary N) is 2. The number of amides is 2. The Hall–Kier alpha value is -2.82. The van der Waals surface area contributed by atoms with Crippen LogP contribution in [0.2, 0.25) is 0 Å². The van der Waals surface area contributed by atoms with E-state index in [0.29, 0.717) is 19.4 Å². The van der Waals surface area contributed by atoms with E-state index in [-0.39, 0.29) is 18.4 Å². The zero-order valence-electron chi connectivity index (χ0n) is 16.5. The van der Waals surface area contributed by atoms with Gasteiger partial charge in [-0.05, 0) is 56.9 Å². The van der Waals surface area contributed by atoms with E-state index in [4.69, 9.17) is 4.74 Å². The third-order valence-electron chi connectivity index (χ3n) is 4.29. The molecule has 0 aliphatic carbocycles. The van der Waals surface area contributed by atoms with E-state index in [0.717, 1.165) is 33.7 Å². The van der Waals surface area contributed by atoms with E-state index >= 15 is 0 Å². The normalized spacial score (nSPS) is 10.4. The molecule has 0 bridgehead atoms. The fraction of sp³-hybridized carbons (Fsp3) is 0.364. The maximum absolute atomic E-state index is 12.1. The molecule has 2 aromatic carbocycles. The average Bonchev–Trinajstić information content (AvgIpc) is 2.61. The summed E-state index contributed by atoms with van der Waals surface area (Å²) in [5.41, 5.74) is 5.07. The van der Waals surface area contributed by atoms with Crippen molar-refractivity contribution in [3.8, 4) is 5.75 Å². The molecular formula is C22H28N2O3. The molecule has 5 heteroatoms. The van der Waals surface area contributed by atoms with Gasteiger partial charge in [-0.1, -0.05) is 35.9 Å². The van der Waals surface area contributed by atoms with E-state index in [2.05, 4.69) is 10.6 Å². The van der Waals surface area contributed by atoms with Crippen LogP contribution in [-0.2, 0) is 9.59 Å². The van der Waals surface area contributed by atoms with Gasteiger partial charge in [-0.25, -0.2) is 0 Å². The van der Waals surface area contributed by atoms with Crippen molar-refractivity contribution in [2.45, 2.75) is 40.5 Å². The Morgan fingerprint density at radius 1 is 0.926 bits per heavy atom. The number of rotatable bonds is 8. The van der Waals surface area contributed by atoms with Gasteiger partial charge < -0.3 is 15.4 Å². The molecule has 2 rings (SSSR count). The Morgan fingerprint density at radius 3 is 2.26 bits per heavy atom. The van der Waals surface area contributed by atoms with E-state index in [9.17, 15) is 9.59 Å². The minimum absolute atomic E-state index is 0.0375. The second-order valence-electron chi connectivity index (χ2n) is 6.82. The molecule has 2 amide bonds. The number of benzene rings is 2. The summed E-state index contributed by atoms with van der Waals surface area (Å²) in [5.74, 6) is 0.451. The molecule has 0 atom stereocenters. The lowest BCUT2D eigenvalue weighted by atomic mass is 10.1. The molecule has 0 fully saturated rings. The van der Waals surface area contributed by atoms with Gasteiger partial charge in [-0.15, -0.1) is 0 Å². The molecule has 0 spiro atoms. The molecule has 0 saturated carbocycles. The highest BCUT2D eigenvalue weighted by molar-refractivity contribution is 5.95. The summed E-state index contributed by atoms with van der Waals surface area (Å²) in [6, 6.07) is 11.8. The van der Waals surface area contributed by atoms with Crippen molar-refractivity contribution in [1.82, 2.24) is 5.32 Å². The molecule has 0 heterocycles. The zero-order chi connectivity index (χ0) is 19.8. The lowest BCUT2D eigenvalue weighted by molar-refractivity contribution is -0.124. The van der Waals surface area contributed by atoms with E-state index in [1.54, 1.807) is 0 Å². The van der Waals surface area contributed by atoms with E-state index in [1.165, 1.54) is 0 Å². The van der Waals surface area contributed by atoms with Gasteiger partial charge in [-0.3, -0.25) is 9.59 Å². The molecule has 0 radical (unpaired) electrons. The Balaban J connectivity index is 1.69. The van der Waals surface area contributed by atoms with Crippen molar-refractivity contribution in [3.05, 3.63) is 58.7 Å². The maximum Gasteiger partial charge on any atom is 0.243 e. The summed E-state index contributed by atoms with van der Waals surface area (Å²) in [6.07, 6.45) is 0.916. The van der Waals surface area contributed by atoms with Gasteiger partial charge in [0.2, 0.25) is 11.8 Å². The van der Waals surface area contributed by atoms with Gasteiger partial charge in [-0.2, -0.15) is 0 Å². The minimum atomic E-state index is -0.227. The van der Waals surface area contributed by atoms with Crippen LogP contribution in [-0.4, -0.2) is 25.0 Å². The Labute approximate surface area is 161 Å². The van der Waals surface area contributed by atoms with E-state index < -0.39 is 0 Å². The Morgan fingerprint density at radius 2 is 1.59 bits per heavy atom. The van der Waals surface area contributed by atoms with Crippen LogP contribution in [0.5, 0.6) is 5.75 Å². The number of hydrogen-bond donors (Lipinski definition) is 2. The first-order valence-corrected chi connectivity index (χ1v) is 9.19. The standard InChI is InChI=1S/C22H28N2O3/c1-15-12-17(3)22(18(4)13-15)24-21(26)14-23-20(25)10-7-11-27-19-9-6-5-8-16(19)2/h5-6,8-9,12-13H,7,10-11,14H2,1-4H3,(H,23,25)(H,24,26). The molecule has 144 valence electrons. The lowest BCUT2D eigenvalue weighted by Crippen LogP contribution is -2.33. The number of ether oxygens (including phenoxy) is 1. The van der Waals surface area contributed by atoms with Crippen LogP contribution in [0.25, 0.3) is 0 Å². The second kappa shape index (κ2) is 9.76. The summed E-state index contributed by atoms with van der Waals surface area (Å²) >= 11 is 0. The number of anilines is 1. The number of carbonyl (C=O) groups excluding carboxylic acids is 2. The number of hydrogen-bond acceptors (Lipinski definition) is 3. The highest BCUT2D eigenvalue weighted by atomic mass is 16.5. The monoisotopic (exact) mass is 368 g/mol. The van der Waals surface area contributed by atoms with Gasteiger partial charge in [0.1, 0.15) is 5.75 Å². The van der Waals surface area contributed by atoms with Gasteiger partial charge in [0.25, 0.3) is 0 Å². The second-order valence-corrected chi connectivity index (χ2v) is 6.82. The summed E-state index contributed by atoms with van der Waals surface area (Å²) in [5, 5.41) is 5.53.